The molecule has 0 N–H and O–H groups in total. The molecule has 0 spiro atoms. The maximum atomic E-state index is 14.3. The molecule has 0 aromatic heterocycles. The molecule has 8 heteroatoms. The molecule has 2 aromatic rings. The van der Waals surface area contributed by atoms with E-state index in [0.29, 0.717) is 17.3 Å². The molecule has 0 aliphatic carbocycles. The van der Waals surface area contributed by atoms with Crippen molar-refractivity contribution in [2.24, 2.45) is 0 Å². The summed E-state index contributed by atoms with van der Waals surface area (Å²) >= 11 is 3.27. The number of fused-ring (bicyclic) bond motifs is 1. The Morgan fingerprint density at radius 1 is 1.08 bits per heavy atom. The van der Waals surface area contributed by atoms with E-state index in [1.165, 1.54) is 40.7 Å². The zero-order valence-corrected chi connectivity index (χ0v) is 15.0. The van der Waals surface area contributed by atoms with Gasteiger partial charge >= 0.3 is 10.2 Å². The number of anilines is 2. The largest absolute Gasteiger partial charge is 0.308 e. The van der Waals surface area contributed by atoms with E-state index in [2.05, 4.69) is 15.9 Å². The first-order valence-corrected chi connectivity index (χ1v) is 9.86. The third-order valence-corrected chi connectivity index (χ3v) is 6.16. The Morgan fingerprint density at radius 3 is 2.54 bits per heavy atom. The van der Waals surface area contributed by atoms with Crippen molar-refractivity contribution < 1.29 is 17.2 Å². The molecule has 4 nitrogen and oxygen atoms in total. The van der Waals surface area contributed by atoms with Crippen molar-refractivity contribution in [3.05, 3.63) is 59.7 Å². The number of para-hydroxylation sites is 1. The second kappa shape index (κ2) is 6.78. The number of halogens is 3. The van der Waals surface area contributed by atoms with Crippen LogP contribution >= 0.6 is 15.9 Å². The standard InChI is InChI=1S/C16H15BrF2N2O2S/c17-8-3-9-20-11-12-10-13(18)6-7-15(12)21(24(20,22)23)16-5-2-1-4-14(16)19/h1-2,4-7,10H,3,8-9,11H2. The van der Waals surface area contributed by atoms with Crippen LogP contribution in [0.2, 0.25) is 0 Å². The van der Waals surface area contributed by atoms with Gasteiger partial charge in [0.1, 0.15) is 11.6 Å². The van der Waals surface area contributed by atoms with Gasteiger partial charge in [-0.2, -0.15) is 12.7 Å². The van der Waals surface area contributed by atoms with Crippen LogP contribution in [0, 0.1) is 11.6 Å². The van der Waals surface area contributed by atoms with Gasteiger partial charge in [-0.3, -0.25) is 0 Å². The van der Waals surface area contributed by atoms with Crippen LogP contribution in [0.15, 0.2) is 42.5 Å². The Balaban J connectivity index is 2.19. The first kappa shape index (κ1) is 17.3. The van der Waals surface area contributed by atoms with E-state index in [0.717, 1.165) is 4.31 Å². The second-order valence-corrected chi connectivity index (χ2v) is 7.94. The Bertz CT molecular complexity index is 861. The fraction of sp³-hybridized carbons (Fsp3) is 0.250. The van der Waals surface area contributed by atoms with Crippen LogP contribution in [0.3, 0.4) is 0 Å². The van der Waals surface area contributed by atoms with Crippen molar-refractivity contribution in [3.63, 3.8) is 0 Å². The molecule has 3 rings (SSSR count). The third kappa shape index (κ3) is 3.05. The number of benzene rings is 2. The summed E-state index contributed by atoms with van der Waals surface area (Å²) in [5.74, 6) is -1.11. The first-order chi connectivity index (χ1) is 11.4. The summed E-state index contributed by atoms with van der Waals surface area (Å²) in [5.41, 5.74) is 0.702. The van der Waals surface area contributed by atoms with Gasteiger partial charge in [0.2, 0.25) is 0 Å². The summed E-state index contributed by atoms with van der Waals surface area (Å²) in [7, 11) is -3.95. The summed E-state index contributed by atoms with van der Waals surface area (Å²) in [6.07, 6.45) is 0.592. The topological polar surface area (TPSA) is 40.6 Å². The summed E-state index contributed by atoms with van der Waals surface area (Å²) < 4.78 is 56.1. The van der Waals surface area contributed by atoms with Gasteiger partial charge in [0.25, 0.3) is 0 Å². The van der Waals surface area contributed by atoms with E-state index >= 15 is 0 Å². The lowest BCUT2D eigenvalue weighted by molar-refractivity contribution is 0.400. The molecule has 128 valence electrons. The van der Waals surface area contributed by atoms with Crippen molar-refractivity contribution in [1.29, 1.82) is 0 Å². The van der Waals surface area contributed by atoms with E-state index in [1.807, 2.05) is 0 Å². The molecular weight excluding hydrogens is 402 g/mol. The minimum Gasteiger partial charge on any atom is -0.222 e. The molecule has 2 aromatic carbocycles. The van der Waals surface area contributed by atoms with Crippen molar-refractivity contribution in [2.45, 2.75) is 13.0 Å². The Morgan fingerprint density at radius 2 is 1.83 bits per heavy atom. The van der Waals surface area contributed by atoms with Crippen molar-refractivity contribution in [2.75, 3.05) is 16.2 Å². The number of rotatable bonds is 4. The van der Waals surface area contributed by atoms with Crippen LogP contribution in [0.25, 0.3) is 0 Å². The van der Waals surface area contributed by atoms with Crippen LogP contribution < -0.4 is 4.31 Å². The Hall–Kier alpha value is -1.51. The highest BCUT2D eigenvalue weighted by Crippen LogP contribution is 2.39. The van der Waals surface area contributed by atoms with Crippen molar-refractivity contribution in [1.82, 2.24) is 4.31 Å². The van der Waals surface area contributed by atoms with Gasteiger partial charge < -0.3 is 0 Å². The average Bonchev–Trinajstić information content (AvgIpc) is 2.54. The molecule has 0 bridgehead atoms. The predicted molar refractivity (Wildman–Crippen MR) is 92.7 cm³/mol. The molecule has 0 fully saturated rings. The molecule has 0 saturated carbocycles. The molecule has 0 radical (unpaired) electrons. The molecule has 0 saturated heterocycles. The van der Waals surface area contributed by atoms with Crippen molar-refractivity contribution in [3.8, 4) is 0 Å². The first-order valence-electron chi connectivity index (χ1n) is 7.34. The van der Waals surface area contributed by atoms with Crippen LogP contribution in [0.5, 0.6) is 0 Å². The number of nitrogens with zero attached hydrogens (tertiary/aromatic N) is 2. The zero-order valence-electron chi connectivity index (χ0n) is 12.6. The molecule has 0 amide bonds. The summed E-state index contributed by atoms with van der Waals surface area (Å²) in [5, 5.41) is 0.634. The fourth-order valence-electron chi connectivity index (χ4n) is 2.69. The number of hydrogen-bond acceptors (Lipinski definition) is 2. The quantitative estimate of drug-likeness (QED) is 0.707. The van der Waals surface area contributed by atoms with Crippen LogP contribution in [-0.4, -0.2) is 24.6 Å². The van der Waals surface area contributed by atoms with E-state index in [-0.39, 0.29) is 24.5 Å². The van der Waals surface area contributed by atoms with Crippen LogP contribution in [0.1, 0.15) is 12.0 Å². The SMILES string of the molecule is O=S1(=O)N(CCCBr)Cc2cc(F)ccc2N1c1ccccc1F. The van der Waals surface area contributed by atoms with Crippen LogP contribution in [-0.2, 0) is 16.8 Å². The van der Waals surface area contributed by atoms with Gasteiger partial charge in [-0.05, 0) is 42.3 Å². The smallest absolute Gasteiger partial charge is 0.222 e. The van der Waals surface area contributed by atoms with Crippen molar-refractivity contribution >= 4 is 37.5 Å². The monoisotopic (exact) mass is 416 g/mol. The predicted octanol–water partition coefficient (Wildman–Crippen LogP) is 3.95. The van der Waals surface area contributed by atoms with Gasteiger partial charge in [0.15, 0.2) is 0 Å². The highest BCUT2D eigenvalue weighted by Gasteiger charge is 2.38. The highest BCUT2D eigenvalue weighted by molar-refractivity contribution is 9.09. The normalized spacial score (nSPS) is 16.9. The fourth-order valence-corrected chi connectivity index (χ4v) is 4.66. The third-order valence-electron chi connectivity index (χ3n) is 3.78. The minimum atomic E-state index is -3.95. The lowest BCUT2D eigenvalue weighted by Gasteiger charge is -2.37. The number of hydrogen-bond donors (Lipinski definition) is 0. The molecule has 0 atom stereocenters. The number of alkyl halides is 1. The molecule has 1 aliphatic rings. The molecule has 24 heavy (non-hydrogen) atoms. The second-order valence-electron chi connectivity index (χ2n) is 5.37. The summed E-state index contributed by atoms with van der Waals surface area (Å²) in [4.78, 5) is 0. The average molecular weight is 417 g/mol. The lowest BCUT2D eigenvalue weighted by Crippen LogP contribution is -2.46. The van der Waals surface area contributed by atoms with E-state index in [9.17, 15) is 17.2 Å². The van der Waals surface area contributed by atoms with Crippen LogP contribution in [0.4, 0.5) is 20.2 Å². The van der Waals surface area contributed by atoms with Gasteiger partial charge in [0, 0.05) is 18.4 Å². The van der Waals surface area contributed by atoms with Gasteiger partial charge in [-0.15, -0.1) is 0 Å². The van der Waals surface area contributed by atoms with E-state index < -0.39 is 21.8 Å². The lowest BCUT2D eigenvalue weighted by atomic mass is 10.1. The maximum Gasteiger partial charge on any atom is 0.308 e. The molecule has 0 unspecified atom stereocenters. The Labute approximate surface area is 148 Å². The van der Waals surface area contributed by atoms with Gasteiger partial charge in [-0.25, -0.2) is 13.1 Å². The highest BCUT2D eigenvalue weighted by atomic mass is 79.9. The van der Waals surface area contributed by atoms with E-state index in [4.69, 9.17) is 0 Å². The molecular formula is C16H15BrF2N2O2S. The Kier molecular flexibility index (Phi) is 4.89. The van der Waals surface area contributed by atoms with E-state index in [1.54, 1.807) is 6.07 Å². The van der Waals surface area contributed by atoms with Gasteiger partial charge in [-0.1, -0.05) is 28.1 Å². The zero-order chi connectivity index (χ0) is 17.3. The van der Waals surface area contributed by atoms with Gasteiger partial charge in [0.05, 0.1) is 11.4 Å². The molecule has 1 aliphatic heterocycles. The minimum absolute atomic E-state index is 0.0629. The maximum absolute atomic E-state index is 14.3. The molecule has 1 heterocycles. The summed E-state index contributed by atoms with van der Waals surface area (Å²) in [6.45, 7) is 0.321. The summed E-state index contributed by atoms with van der Waals surface area (Å²) in [6, 6.07) is 9.49.